The van der Waals surface area contributed by atoms with Gasteiger partial charge >= 0.3 is 153 Å². The summed E-state index contributed by atoms with van der Waals surface area (Å²) in [5.41, 5.74) is 0. The minimum Gasteiger partial charge on any atom is -0.894 e. The third kappa shape index (κ3) is 95.6. The van der Waals surface area contributed by atoms with E-state index in [2.05, 4.69) is 0 Å². The Labute approximate surface area is 176 Å². The molecule has 11 heavy (non-hydrogen) atoms. The maximum atomic E-state index is 8.58. The molecule has 0 aromatic heterocycles. The van der Waals surface area contributed by atoms with Gasteiger partial charge < -0.3 is 28.2 Å². The van der Waals surface area contributed by atoms with Crippen molar-refractivity contribution in [2.24, 2.45) is 0 Å². The van der Waals surface area contributed by atoms with Gasteiger partial charge in [0.25, 0.3) is 0 Å². The molecule has 0 atom stereocenters. The molecular formula is ClNa5O4Si. The normalized spacial score (nSPS) is 6.09. The van der Waals surface area contributed by atoms with E-state index in [1.165, 1.54) is 0 Å². The van der Waals surface area contributed by atoms with Crippen LogP contribution in [-0.2, 0) is 0 Å². The molecule has 0 aromatic rings. The molecule has 0 saturated heterocycles. The van der Waals surface area contributed by atoms with Gasteiger partial charge in [0.2, 0.25) is 0 Å². The summed E-state index contributed by atoms with van der Waals surface area (Å²) >= 11 is 0.778. The van der Waals surface area contributed by atoms with E-state index in [-0.39, 0.29) is 118 Å². The van der Waals surface area contributed by atoms with Crippen molar-refractivity contribution in [3.05, 3.63) is 0 Å². The third-order valence-corrected chi connectivity index (χ3v) is 0. The fourth-order valence-corrected chi connectivity index (χ4v) is 0. The first kappa shape index (κ1) is 36.0. The van der Waals surface area contributed by atoms with Gasteiger partial charge in [-0.15, -0.1) is 0 Å². The molecule has 11 heteroatoms. The smallest absolute Gasteiger partial charge is 0.426 e. The van der Waals surface area contributed by atoms with Gasteiger partial charge in [0.05, 0.1) is 0 Å². The van der Waals surface area contributed by atoms with Crippen molar-refractivity contribution in [2.75, 3.05) is 0 Å². The van der Waals surface area contributed by atoms with Gasteiger partial charge in [-0.05, 0) is 0 Å². The molecule has 4 nitrogen and oxygen atoms in total. The molecule has 0 unspecified atom stereocenters. The molecule has 0 fully saturated rings. The van der Waals surface area contributed by atoms with E-state index >= 15 is 0 Å². The van der Waals surface area contributed by atoms with Crippen molar-refractivity contribution in [3.63, 3.8) is 0 Å². The largest absolute Gasteiger partial charge is 0.894 e. The van der Waals surface area contributed by atoms with Crippen LogP contribution in [0.15, 0.2) is 0 Å². The molecule has 0 aliphatic rings. The summed E-state index contributed by atoms with van der Waals surface area (Å²) in [6, 6.07) is 0. The quantitative estimate of drug-likeness (QED) is 0.394. The number of rotatable bonds is 0. The standard InChI is InChI=1S/ClH.5Na.O4Si/c;;;;;;1-5(2,3)4/h1H;;;;;;/q;5*+1;-4/p-1. The first-order valence-electron chi connectivity index (χ1n) is 1.19. The van der Waals surface area contributed by atoms with Crippen LogP contribution in [0.5, 0.6) is 0 Å². The zero-order valence-electron chi connectivity index (χ0n) is 7.51. The predicted octanol–water partition coefficient (Wildman–Crippen LogP) is -16.8. The van der Waals surface area contributed by atoms with Crippen molar-refractivity contribution < 1.29 is 137 Å². The number of hydrogen-bond acceptors (Lipinski definition) is 4. The minimum absolute atomic E-state index is 0. The van der Waals surface area contributed by atoms with Crippen LogP contribution < -0.4 is 137 Å². The molecule has 40 valence electrons. The van der Waals surface area contributed by atoms with Crippen LogP contribution in [0.3, 0.4) is 0 Å². The zero-order chi connectivity index (χ0) is 6.50. The first-order chi connectivity index (χ1) is 3.00. The van der Waals surface area contributed by atoms with E-state index in [0.29, 0.717) is 0 Å². The second-order valence-electron chi connectivity index (χ2n) is 0.500. The van der Waals surface area contributed by atoms with Gasteiger partial charge in [-0.25, -0.2) is 0 Å². The van der Waals surface area contributed by atoms with Crippen molar-refractivity contribution in [1.82, 2.24) is 0 Å². The Morgan fingerprint density at radius 3 is 0.727 bits per heavy atom. The Balaban J connectivity index is -0.00000000972. The van der Waals surface area contributed by atoms with Crippen LogP contribution in [0.4, 0.5) is 0 Å². The van der Waals surface area contributed by atoms with Gasteiger partial charge in [0.15, 0.2) is 0 Å². The summed E-state index contributed by atoms with van der Waals surface area (Å²) in [6.07, 6.45) is 0. The Kier molecular flexibility index (Phi) is 80.2. The van der Waals surface area contributed by atoms with Crippen LogP contribution in [0.25, 0.3) is 0 Å². The Morgan fingerprint density at radius 2 is 0.727 bits per heavy atom. The summed E-state index contributed by atoms with van der Waals surface area (Å²) in [6.45, 7) is 0. The Bertz CT molecular complexity index is 34.0. The molecule has 0 saturated carbocycles. The molecule has 0 heterocycles. The number of hydrogen-bond donors (Lipinski definition) is 0. The van der Waals surface area contributed by atoms with E-state index in [0.717, 1.165) is 26.6 Å². The monoisotopic (exact) mass is 242 g/mol. The third-order valence-electron chi connectivity index (χ3n) is 0. The van der Waals surface area contributed by atoms with Gasteiger partial charge in [-0.2, -0.15) is 0 Å². The SMILES string of the molecule is [Na+].[Na+].[Na+].[Na+].[Na][Cl].[O-][Si]([O-])([O-])[O-]. The Morgan fingerprint density at radius 1 is 0.727 bits per heavy atom. The summed E-state index contributed by atoms with van der Waals surface area (Å²) in [5.74, 6) is 0. The maximum absolute atomic E-state index is 8.58. The fourth-order valence-electron chi connectivity index (χ4n) is 0. The molecule has 0 bridgehead atoms. The van der Waals surface area contributed by atoms with E-state index < -0.39 is 9.05 Å². The Hall–Kier alpha value is 5.35. The molecule has 0 N–H and O–H groups in total. The van der Waals surface area contributed by atoms with Gasteiger partial charge in [-0.3, -0.25) is 0 Å². The van der Waals surface area contributed by atoms with Crippen LogP contribution in [0, 0.1) is 0 Å². The molecule has 0 amide bonds. The van der Waals surface area contributed by atoms with E-state index in [4.69, 9.17) is 27.1 Å². The zero-order valence-corrected chi connectivity index (χ0v) is 19.3. The average molecular weight is 242 g/mol. The van der Waals surface area contributed by atoms with Crippen molar-refractivity contribution >= 4 is 43.6 Å². The topological polar surface area (TPSA) is 92.2 Å². The van der Waals surface area contributed by atoms with E-state index in [9.17, 15) is 0 Å². The molecule has 0 aliphatic heterocycles. The predicted molar refractivity (Wildman–Crippen MR) is 17.4 cm³/mol. The fraction of sp³-hybridized carbons (Fsp3) is 0. The molecule has 0 rings (SSSR count). The van der Waals surface area contributed by atoms with Gasteiger partial charge in [0, 0.05) is 0 Å². The molecule has 0 spiro atoms. The van der Waals surface area contributed by atoms with Crippen molar-refractivity contribution in [1.29, 1.82) is 0 Å². The minimum atomic E-state index is -5.61. The van der Waals surface area contributed by atoms with Crippen LogP contribution in [-0.4, -0.2) is 35.7 Å². The second kappa shape index (κ2) is 24.5. The molecule has 0 aliphatic carbocycles. The van der Waals surface area contributed by atoms with Crippen LogP contribution in [0.2, 0.25) is 0 Å². The van der Waals surface area contributed by atoms with Gasteiger partial charge in [0.1, 0.15) is 0 Å². The van der Waals surface area contributed by atoms with Crippen molar-refractivity contribution in [3.8, 4) is 0 Å². The van der Waals surface area contributed by atoms with Gasteiger partial charge in [-0.1, -0.05) is 0 Å². The molecule has 0 aromatic carbocycles. The van der Waals surface area contributed by atoms with E-state index in [1.54, 1.807) is 0 Å². The first-order valence-corrected chi connectivity index (χ1v) is 5.85. The average Bonchev–Trinajstić information content (AvgIpc) is 1.36. The molecule has 0 radical (unpaired) electrons. The second-order valence-corrected chi connectivity index (χ2v) is 1.50. The molecular weight excluding hydrogens is 242 g/mol. The van der Waals surface area contributed by atoms with Crippen LogP contribution >= 0.6 is 7.91 Å². The van der Waals surface area contributed by atoms with Crippen LogP contribution in [0.1, 0.15) is 0 Å². The number of halogens is 1. The van der Waals surface area contributed by atoms with E-state index in [1.807, 2.05) is 0 Å². The maximum Gasteiger partial charge on any atom is -0.426 e. The summed E-state index contributed by atoms with van der Waals surface area (Å²) < 4.78 is 0. The summed E-state index contributed by atoms with van der Waals surface area (Å²) in [4.78, 5) is 34.3. The van der Waals surface area contributed by atoms with Crippen molar-refractivity contribution in [2.45, 2.75) is 0 Å². The summed E-state index contributed by atoms with van der Waals surface area (Å²) in [7, 11) is -0.833. The summed E-state index contributed by atoms with van der Waals surface area (Å²) in [5, 5.41) is 0.